The van der Waals surface area contributed by atoms with Crippen LogP contribution in [0.5, 0.6) is 0 Å². The van der Waals surface area contributed by atoms with Crippen molar-refractivity contribution in [2.75, 3.05) is 13.7 Å². The molecular weight excluding hydrogens is 378 g/mol. The molecule has 0 aromatic heterocycles. The predicted molar refractivity (Wildman–Crippen MR) is 102 cm³/mol. The van der Waals surface area contributed by atoms with Crippen molar-refractivity contribution in [2.24, 2.45) is 5.92 Å². The fourth-order valence-corrected chi connectivity index (χ4v) is 3.60. The Morgan fingerprint density at radius 2 is 2.03 bits per heavy atom. The first-order valence-corrected chi connectivity index (χ1v) is 9.45. The Kier molecular flexibility index (Phi) is 6.56. The van der Waals surface area contributed by atoms with Gasteiger partial charge in [0.1, 0.15) is 12.4 Å². The SMILES string of the molecule is CCC(O)[C@H]1/C(=C/C(=O)OC)N2[C@@H]1O/C(=C\CO)[C@@H]2C(=O)OCc1ccccc1. The summed E-state index contributed by atoms with van der Waals surface area (Å²) in [4.78, 5) is 26.3. The molecule has 2 aliphatic rings. The summed E-state index contributed by atoms with van der Waals surface area (Å²) in [5, 5.41) is 19.7. The zero-order valence-electron chi connectivity index (χ0n) is 16.4. The topological polar surface area (TPSA) is 106 Å². The summed E-state index contributed by atoms with van der Waals surface area (Å²) in [6.45, 7) is 1.57. The van der Waals surface area contributed by atoms with E-state index in [4.69, 9.17) is 14.2 Å². The van der Waals surface area contributed by atoms with Crippen molar-refractivity contribution in [1.29, 1.82) is 0 Å². The van der Waals surface area contributed by atoms with E-state index in [9.17, 15) is 19.8 Å². The lowest BCUT2D eigenvalue weighted by Gasteiger charge is -2.48. The van der Waals surface area contributed by atoms with E-state index in [0.717, 1.165) is 5.56 Å². The molecule has 0 radical (unpaired) electrons. The van der Waals surface area contributed by atoms with Crippen LogP contribution in [-0.2, 0) is 30.4 Å². The van der Waals surface area contributed by atoms with E-state index in [1.54, 1.807) is 4.90 Å². The molecule has 2 saturated heterocycles. The number of rotatable bonds is 7. The average molecular weight is 403 g/mol. The van der Waals surface area contributed by atoms with E-state index in [0.29, 0.717) is 12.1 Å². The maximum absolute atomic E-state index is 12.9. The first-order valence-electron chi connectivity index (χ1n) is 9.45. The Balaban J connectivity index is 1.86. The molecule has 8 nitrogen and oxygen atoms in total. The molecular formula is C21H25NO7. The number of hydrogen-bond donors (Lipinski definition) is 2. The third-order valence-corrected chi connectivity index (χ3v) is 5.06. The molecule has 3 rings (SSSR count). The zero-order chi connectivity index (χ0) is 21.0. The maximum Gasteiger partial charge on any atom is 0.337 e. The van der Waals surface area contributed by atoms with Gasteiger partial charge in [-0.3, -0.25) is 0 Å². The standard InChI is InChI=1S/C21H25NO7/c1-3-15(24)18-14(11-17(25)27-2)22-19(16(9-10-23)29-20(18)22)21(26)28-12-13-7-5-4-6-8-13/h4-9,11,15,18-20,23-24H,3,10,12H2,1-2H3/b14-11-,16-9-/t15?,18-,19-,20-/m1/s1. The van der Waals surface area contributed by atoms with Crippen LogP contribution in [0.15, 0.2) is 53.9 Å². The fourth-order valence-electron chi connectivity index (χ4n) is 3.60. The van der Waals surface area contributed by atoms with Crippen molar-refractivity contribution in [2.45, 2.75) is 38.3 Å². The number of nitrogens with zero attached hydrogens (tertiary/aromatic N) is 1. The normalized spacial score (nSPS) is 26.5. The molecule has 0 saturated carbocycles. The van der Waals surface area contributed by atoms with Crippen LogP contribution in [0.4, 0.5) is 0 Å². The van der Waals surface area contributed by atoms with Gasteiger partial charge in [-0.25, -0.2) is 9.59 Å². The molecule has 2 heterocycles. The molecule has 1 aromatic carbocycles. The Labute approximate surface area is 169 Å². The highest BCUT2D eigenvalue weighted by Gasteiger charge is 2.59. The summed E-state index contributed by atoms with van der Waals surface area (Å²) in [7, 11) is 1.25. The lowest BCUT2D eigenvalue weighted by Crippen LogP contribution is -2.59. The molecule has 0 spiro atoms. The van der Waals surface area contributed by atoms with Crippen LogP contribution in [0.25, 0.3) is 0 Å². The van der Waals surface area contributed by atoms with Crippen molar-refractivity contribution >= 4 is 11.9 Å². The minimum Gasteiger partial charge on any atom is -0.471 e. The second-order valence-corrected chi connectivity index (χ2v) is 6.79. The van der Waals surface area contributed by atoms with Crippen molar-refractivity contribution in [3.8, 4) is 0 Å². The van der Waals surface area contributed by atoms with Crippen LogP contribution in [0, 0.1) is 5.92 Å². The molecule has 2 N–H and O–H groups in total. The zero-order valence-corrected chi connectivity index (χ0v) is 16.4. The van der Waals surface area contributed by atoms with Crippen LogP contribution < -0.4 is 0 Å². The van der Waals surface area contributed by atoms with Gasteiger partial charge in [0, 0.05) is 11.8 Å². The maximum atomic E-state index is 12.9. The molecule has 0 amide bonds. The van der Waals surface area contributed by atoms with Gasteiger partial charge in [0.2, 0.25) is 0 Å². The highest BCUT2D eigenvalue weighted by atomic mass is 16.6. The van der Waals surface area contributed by atoms with Gasteiger partial charge in [0.15, 0.2) is 12.3 Å². The van der Waals surface area contributed by atoms with Gasteiger partial charge in [-0.15, -0.1) is 0 Å². The van der Waals surface area contributed by atoms with Crippen molar-refractivity contribution < 1.29 is 34.0 Å². The molecule has 4 atom stereocenters. The third kappa shape index (κ3) is 4.13. The van der Waals surface area contributed by atoms with Crippen LogP contribution in [0.1, 0.15) is 18.9 Å². The van der Waals surface area contributed by atoms with E-state index >= 15 is 0 Å². The van der Waals surface area contributed by atoms with E-state index in [2.05, 4.69) is 0 Å². The van der Waals surface area contributed by atoms with E-state index < -0.39 is 36.2 Å². The van der Waals surface area contributed by atoms with Gasteiger partial charge >= 0.3 is 11.9 Å². The van der Waals surface area contributed by atoms with Crippen LogP contribution >= 0.6 is 0 Å². The number of benzene rings is 1. The number of carbonyl (C=O) groups excluding carboxylic acids is 2. The lowest BCUT2D eigenvalue weighted by atomic mass is 9.84. The molecule has 29 heavy (non-hydrogen) atoms. The largest absolute Gasteiger partial charge is 0.471 e. The summed E-state index contributed by atoms with van der Waals surface area (Å²) in [6, 6.07) is 8.28. The van der Waals surface area contributed by atoms with Gasteiger partial charge in [0.25, 0.3) is 0 Å². The molecule has 156 valence electrons. The molecule has 1 aromatic rings. The van der Waals surface area contributed by atoms with Crippen LogP contribution in [-0.4, -0.2) is 59.1 Å². The molecule has 8 heteroatoms. The quantitative estimate of drug-likeness (QED) is 0.515. The minimum absolute atomic E-state index is 0.0815. The number of aliphatic hydroxyl groups excluding tert-OH is 2. The van der Waals surface area contributed by atoms with Gasteiger partial charge in [-0.05, 0) is 18.1 Å². The number of methoxy groups -OCH3 is 1. The van der Waals surface area contributed by atoms with Crippen molar-refractivity contribution in [1.82, 2.24) is 4.90 Å². The van der Waals surface area contributed by atoms with Gasteiger partial charge in [0.05, 0.1) is 25.7 Å². The summed E-state index contributed by atoms with van der Waals surface area (Å²) >= 11 is 0. The second-order valence-electron chi connectivity index (χ2n) is 6.79. The molecule has 0 aliphatic carbocycles. The first-order chi connectivity index (χ1) is 14.0. The molecule has 2 fully saturated rings. The van der Waals surface area contributed by atoms with Gasteiger partial charge < -0.3 is 29.3 Å². The summed E-state index contributed by atoms with van der Waals surface area (Å²) in [6.07, 6.45) is 1.69. The predicted octanol–water partition coefficient (Wildman–Crippen LogP) is 1.09. The minimum atomic E-state index is -0.952. The van der Waals surface area contributed by atoms with Crippen molar-refractivity contribution in [3.05, 3.63) is 59.5 Å². The molecule has 0 bridgehead atoms. The summed E-state index contributed by atoms with van der Waals surface area (Å²) in [5.41, 5.74) is 1.27. The Morgan fingerprint density at radius 3 is 2.66 bits per heavy atom. The van der Waals surface area contributed by atoms with Crippen LogP contribution in [0.3, 0.4) is 0 Å². The first kappa shape index (κ1) is 20.9. The second kappa shape index (κ2) is 9.11. The molecule has 2 aliphatic heterocycles. The summed E-state index contributed by atoms with van der Waals surface area (Å²) in [5.74, 6) is -1.43. The molecule has 1 unspecified atom stereocenters. The van der Waals surface area contributed by atoms with Gasteiger partial charge in [-0.1, -0.05) is 37.3 Å². The Bertz CT molecular complexity index is 805. The highest BCUT2D eigenvalue weighted by molar-refractivity contribution is 5.85. The average Bonchev–Trinajstić information content (AvgIpc) is 3.05. The van der Waals surface area contributed by atoms with E-state index in [1.807, 2.05) is 37.3 Å². The monoisotopic (exact) mass is 403 g/mol. The number of hydrogen-bond acceptors (Lipinski definition) is 8. The number of esters is 2. The number of ether oxygens (including phenoxy) is 3. The smallest absolute Gasteiger partial charge is 0.337 e. The van der Waals surface area contributed by atoms with Crippen molar-refractivity contribution in [3.63, 3.8) is 0 Å². The lowest BCUT2D eigenvalue weighted by molar-refractivity contribution is -0.154. The Hall–Kier alpha value is -2.84. The number of carbonyl (C=O) groups is 2. The summed E-state index contributed by atoms with van der Waals surface area (Å²) < 4.78 is 16.0. The fraction of sp³-hybridized carbons (Fsp3) is 0.429. The van der Waals surface area contributed by atoms with E-state index in [1.165, 1.54) is 19.3 Å². The number of fused-ring (bicyclic) bond motifs is 1. The van der Waals surface area contributed by atoms with E-state index in [-0.39, 0.29) is 19.0 Å². The van der Waals surface area contributed by atoms with Crippen LogP contribution in [0.2, 0.25) is 0 Å². The third-order valence-electron chi connectivity index (χ3n) is 5.06. The van der Waals surface area contributed by atoms with Gasteiger partial charge in [-0.2, -0.15) is 0 Å². The highest BCUT2D eigenvalue weighted by Crippen LogP contribution is 2.49. The Morgan fingerprint density at radius 1 is 1.31 bits per heavy atom. The number of aliphatic hydroxyl groups is 2.